The molecule has 106 valence electrons. The van der Waals surface area contributed by atoms with E-state index in [1.165, 1.54) is 0 Å². The van der Waals surface area contributed by atoms with Crippen molar-refractivity contribution in [1.29, 1.82) is 0 Å². The fraction of sp³-hybridized carbons (Fsp3) is 0.250. The number of carbonyl (C=O) groups excluding carboxylic acids is 1. The van der Waals surface area contributed by atoms with Crippen molar-refractivity contribution >= 4 is 46.3 Å². The minimum absolute atomic E-state index is 0.104. The minimum Gasteiger partial charge on any atom is -0.481 e. The molecule has 0 saturated heterocycles. The molecule has 0 bridgehead atoms. The number of aryl methyl sites for hydroxylation is 1. The second kappa shape index (κ2) is 6.15. The van der Waals surface area contributed by atoms with E-state index in [0.29, 0.717) is 22.2 Å². The molecule has 0 saturated carbocycles. The summed E-state index contributed by atoms with van der Waals surface area (Å²) in [4.78, 5) is 26.0. The molecule has 2 rings (SSSR count). The predicted octanol–water partition coefficient (Wildman–Crippen LogP) is 1.74. The molecule has 20 heavy (non-hydrogen) atoms. The lowest BCUT2D eigenvalue weighted by Gasteiger charge is -2.06. The zero-order valence-corrected chi connectivity index (χ0v) is 11.9. The molecule has 0 aliphatic heterocycles. The molecular formula is C12H12ClN3O3S. The first-order valence-electron chi connectivity index (χ1n) is 5.76. The summed E-state index contributed by atoms with van der Waals surface area (Å²) in [6.07, 6.45) is 0.151. The van der Waals surface area contributed by atoms with Crippen LogP contribution in [0, 0.1) is 0 Å². The molecule has 1 aromatic carbocycles. The summed E-state index contributed by atoms with van der Waals surface area (Å²) in [5.41, 5.74) is 6.61. The van der Waals surface area contributed by atoms with Gasteiger partial charge >= 0.3 is 5.97 Å². The molecule has 0 atom stereocenters. The summed E-state index contributed by atoms with van der Waals surface area (Å²) >= 11 is 7.05. The first-order chi connectivity index (χ1) is 9.47. The molecule has 8 heteroatoms. The number of carbonyl (C=O) groups is 2. The van der Waals surface area contributed by atoms with E-state index < -0.39 is 11.9 Å². The Morgan fingerprint density at radius 1 is 1.45 bits per heavy atom. The lowest BCUT2D eigenvalue weighted by atomic mass is 10.3. The first kappa shape index (κ1) is 14.7. The van der Waals surface area contributed by atoms with E-state index in [9.17, 15) is 9.59 Å². The molecule has 1 heterocycles. The minimum atomic E-state index is -0.929. The van der Waals surface area contributed by atoms with Gasteiger partial charge in [0.05, 0.1) is 16.8 Å². The quantitative estimate of drug-likeness (QED) is 0.792. The van der Waals surface area contributed by atoms with E-state index in [1.807, 2.05) is 0 Å². The Morgan fingerprint density at radius 3 is 2.85 bits per heavy atom. The Hall–Kier alpha value is -1.73. The number of fused-ring (bicyclic) bond motifs is 1. The zero-order chi connectivity index (χ0) is 14.7. The number of nitrogens with zero attached hydrogens (tertiary/aromatic N) is 2. The van der Waals surface area contributed by atoms with Crippen molar-refractivity contribution in [2.24, 2.45) is 5.73 Å². The first-order valence-corrected chi connectivity index (χ1v) is 7.12. The molecule has 0 aliphatic carbocycles. The number of nitrogens with two attached hydrogens (primary N) is 1. The fourth-order valence-corrected chi connectivity index (χ4v) is 2.68. The SMILES string of the molecule is NC(=O)CCn1c(SCC(=O)O)nc2ccc(Cl)cc21. The Kier molecular flexibility index (Phi) is 4.51. The second-order valence-electron chi connectivity index (χ2n) is 4.08. The van der Waals surface area contributed by atoms with Crippen molar-refractivity contribution in [2.45, 2.75) is 18.1 Å². The fourth-order valence-electron chi connectivity index (χ4n) is 1.75. The molecule has 0 radical (unpaired) electrons. The molecular weight excluding hydrogens is 302 g/mol. The Bertz CT molecular complexity index is 671. The van der Waals surface area contributed by atoms with Crippen molar-refractivity contribution in [3.8, 4) is 0 Å². The maximum absolute atomic E-state index is 10.9. The third kappa shape index (κ3) is 3.43. The monoisotopic (exact) mass is 313 g/mol. The van der Waals surface area contributed by atoms with Crippen LogP contribution in [0.5, 0.6) is 0 Å². The van der Waals surface area contributed by atoms with Crippen molar-refractivity contribution < 1.29 is 14.7 Å². The van der Waals surface area contributed by atoms with Gasteiger partial charge in [-0.1, -0.05) is 23.4 Å². The lowest BCUT2D eigenvalue weighted by molar-refractivity contribution is -0.134. The third-order valence-electron chi connectivity index (χ3n) is 2.58. The number of hydrogen-bond acceptors (Lipinski definition) is 4. The molecule has 0 aliphatic rings. The maximum atomic E-state index is 10.9. The number of benzene rings is 1. The molecule has 6 nitrogen and oxygen atoms in total. The molecule has 2 aromatic rings. The van der Waals surface area contributed by atoms with Crippen LogP contribution >= 0.6 is 23.4 Å². The van der Waals surface area contributed by atoms with E-state index in [1.54, 1.807) is 22.8 Å². The van der Waals surface area contributed by atoms with Gasteiger partial charge in [-0.2, -0.15) is 0 Å². The van der Waals surface area contributed by atoms with Crippen molar-refractivity contribution in [1.82, 2.24) is 9.55 Å². The van der Waals surface area contributed by atoms with Crippen LogP contribution in [-0.4, -0.2) is 32.3 Å². The van der Waals surface area contributed by atoms with Crippen LogP contribution < -0.4 is 5.73 Å². The number of rotatable bonds is 6. The number of carboxylic acids is 1. The van der Waals surface area contributed by atoms with Crippen LogP contribution in [0.15, 0.2) is 23.4 Å². The number of primary amides is 1. The van der Waals surface area contributed by atoms with E-state index in [0.717, 1.165) is 17.3 Å². The van der Waals surface area contributed by atoms with Gasteiger partial charge in [0.25, 0.3) is 0 Å². The van der Waals surface area contributed by atoms with Gasteiger partial charge in [0.2, 0.25) is 5.91 Å². The molecule has 0 unspecified atom stereocenters. The van der Waals surface area contributed by atoms with Gasteiger partial charge in [0, 0.05) is 18.0 Å². The van der Waals surface area contributed by atoms with Gasteiger partial charge in [-0.15, -0.1) is 0 Å². The molecule has 0 spiro atoms. The van der Waals surface area contributed by atoms with Crippen molar-refractivity contribution in [2.75, 3.05) is 5.75 Å². The number of aliphatic carboxylic acids is 1. The summed E-state index contributed by atoms with van der Waals surface area (Å²) in [6, 6.07) is 5.19. The molecule has 1 amide bonds. The topological polar surface area (TPSA) is 98.2 Å². The normalized spacial score (nSPS) is 10.8. The van der Waals surface area contributed by atoms with Crippen LogP contribution in [0.25, 0.3) is 11.0 Å². The number of imidazole rings is 1. The summed E-state index contributed by atoms with van der Waals surface area (Å²) in [7, 11) is 0. The van der Waals surface area contributed by atoms with Gasteiger partial charge in [0.15, 0.2) is 5.16 Å². The highest BCUT2D eigenvalue weighted by Gasteiger charge is 2.13. The van der Waals surface area contributed by atoms with Crippen LogP contribution in [0.4, 0.5) is 0 Å². The molecule has 0 fully saturated rings. The lowest BCUT2D eigenvalue weighted by Crippen LogP contribution is -2.14. The zero-order valence-electron chi connectivity index (χ0n) is 10.4. The summed E-state index contributed by atoms with van der Waals surface area (Å²) < 4.78 is 1.76. The second-order valence-corrected chi connectivity index (χ2v) is 5.46. The number of hydrogen-bond donors (Lipinski definition) is 2. The van der Waals surface area contributed by atoms with E-state index in [-0.39, 0.29) is 12.2 Å². The highest BCUT2D eigenvalue weighted by Crippen LogP contribution is 2.26. The number of carboxylic acid groups (broad SMARTS) is 1. The van der Waals surface area contributed by atoms with Gasteiger partial charge in [-0.25, -0.2) is 4.98 Å². The van der Waals surface area contributed by atoms with E-state index >= 15 is 0 Å². The van der Waals surface area contributed by atoms with Gasteiger partial charge in [-0.3, -0.25) is 9.59 Å². The largest absolute Gasteiger partial charge is 0.481 e. The van der Waals surface area contributed by atoms with Crippen LogP contribution in [-0.2, 0) is 16.1 Å². The Balaban J connectivity index is 2.40. The average molecular weight is 314 g/mol. The van der Waals surface area contributed by atoms with Gasteiger partial charge in [-0.05, 0) is 18.2 Å². The number of thioether (sulfide) groups is 1. The van der Waals surface area contributed by atoms with Crippen molar-refractivity contribution in [3.63, 3.8) is 0 Å². The number of amides is 1. The standard InChI is InChI=1S/C12H12ClN3O3S/c13-7-1-2-8-9(5-7)16(4-3-10(14)17)12(15-8)20-6-11(18)19/h1-2,5H,3-4,6H2,(H2,14,17)(H,18,19). The van der Waals surface area contributed by atoms with E-state index in [4.69, 9.17) is 22.4 Å². The molecule has 1 aromatic heterocycles. The third-order valence-corrected chi connectivity index (χ3v) is 3.78. The van der Waals surface area contributed by atoms with Gasteiger partial charge < -0.3 is 15.4 Å². The van der Waals surface area contributed by atoms with Crippen LogP contribution in [0.3, 0.4) is 0 Å². The summed E-state index contributed by atoms with van der Waals surface area (Å²) in [6.45, 7) is 0.341. The predicted molar refractivity (Wildman–Crippen MR) is 76.9 cm³/mol. The smallest absolute Gasteiger partial charge is 0.313 e. The summed E-state index contributed by atoms with van der Waals surface area (Å²) in [5, 5.41) is 9.83. The van der Waals surface area contributed by atoms with Gasteiger partial charge in [0.1, 0.15) is 0 Å². The number of halogens is 1. The van der Waals surface area contributed by atoms with Crippen LogP contribution in [0.2, 0.25) is 5.02 Å². The Labute approximate surface area is 123 Å². The van der Waals surface area contributed by atoms with Crippen molar-refractivity contribution in [3.05, 3.63) is 23.2 Å². The highest BCUT2D eigenvalue weighted by molar-refractivity contribution is 7.99. The molecule has 3 N–H and O–H groups in total. The Morgan fingerprint density at radius 2 is 2.20 bits per heavy atom. The average Bonchev–Trinajstić information content (AvgIpc) is 2.71. The van der Waals surface area contributed by atoms with E-state index in [2.05, 4.69) is 4.98 Å². The highest BCUT2D eigenvalue weighted by atomic mass is 35.5. The van der Waals surface area contributed by atoms with Crippen LogP contribution in [0.1, 0.15) is 6.42 Å². The number of aromatic nitrogens is 2. The maximum Gasteiger partial charge on any atom is 0.313 e. The summed E-state index contributed by atoms with van der Waals surface area (Å²) in [5.74, 6) is -1.46.